The molecule has 0 amide bonds. The molecule has 0 unspecified atom stereocenters. The molecular formula is C10H11N5O2. The van der Waals surface area contributed by atoms with Crippen molar-refractivity contribution < 1.29 is 4.52 Å². The summed E-state index contributed by atoms with van der Waals surface area (Å²) in [5, 5.41) is 0. The minimum absolute atomic E-state index is 0.127. The van der Waals surface area contributed by atoms with Gasteiger partial charge >= 0.3 is 5.76 Å². The molecule has 7 heteroatoms. The third-order valence-corrected chi connectivity index (χ3v) is 2.66. The van der Waals surface area contributed by atoms with E-state index in [9.17, 15) is 4.79 Å². The van der Waals surface area contributed by atoms with E-state index in [1.165, 1.54) is 0 Å². The van der Waals surface area contributed by atoms with Crippen molar-refractivity contribution in [1.29, 1.82) is 0 Å². The zero-order chi connectivity index (χ0) is 11.8. The molecule has 88 valence electrons. The van der Waals surface area contributed by atoms with Crippen molar-refractivity contribution in [2.75, 3.05) is 23.7 Å². The highest BCUT2D eigenvalue weighted by atomic mass is 16.5. The Bertz CT molecular complexity index is 642. The Morgan fingerprint density at radius 2 is 2.24 bits per heavy atom. The van der Waals surface area contributed by atoms with E-state index in [2.05, 4.69) is 27.0 Å². The minimum atomic E-state index is -0.672. The Labute approximate surface area is 96.1 Å². The van der Waals surface area contributed by atoms with E-state index in [0.717, 1.165) is 24.1 Å². The van der Waals surface area contributed by atoms with Crippen LogP contribution in [0.4, 0.5) is 11.8 Å². The molecule has 0 fully saturated rings. The molecule has 0 saturated carbocycles. The van der Waals surface area contributed by atoms with E-state index in [1.807, 2.05) is 0 Å². The summed E-state index contributed by atoms with van der Waals surface area (Å²) in [5.41, 5.74) is 6.09. The van der Waals surface area contributed by atoms with Gasteiger partial charge in [0, 0.05) is 19.2 Å². The van der Waals surface area contributed by atoms with Crippen LogP contribution in [0.3, 0.4) is 0 Å². The van der Waals surface area contributed by atoms with Crippen LogP contribution in [0.1, 0.15) is 6.42 Å². The predicted molar refractivity (Wildman–Crippen MR) is 61.9 cm³/mol. The normalized spacial score (nSPS) is 15.6. The van der Waals surface area contributed by atoms with Gasteiger partial charge in [0.05, 0.1) is 0 Å². The zero-order valence-corrected chi connectivity index (χ0v) is 9.04. The van der Waals surface area contributed by atoms with Gasteiger partial charge in [0.2, 0.25) is 5.95 Å². The van der Waals surface area contributed by atoms with Crippen LogP contribution in [0.5, 0.6) is 0 Å². The lowest BCUT2D eigenvalue weighted by Crippen LogP contribution is -2.28. The smallest absolute Gasteiger partial charge is 0.367 e. The van der Waals surface area contributed by atoms with Crippen molar-refractivity contribution in [3.63, 3.8) is 0 Å². The first kappa shape index (κ1) is 9.88. The fraction of sp³-hybridized carbons (Fsp3) is 0.300. The Balaban J connectivity index is 2.11. The van der Waals surface area contributed by atoms with Crippen molar-refractivity contribution in [2.45, 2.75) is 6.42 Å². The first-order valence-corrected chi connectivity index (χ1v) is 5.30. The molecule has 3 heterocycles. The maximum atomic E-state index is 11.0. The van der Waals surface area contributed by atoms with E-state index in [4.69, 9.17) is 10.3 Å². The second kappa shape index (κ2) is 3.62. The summed E-state index contributed by atoms with van der Waals surface area (Å²) in [5.74, 6) is 0.163. The van der Waals surface area contributed by atoms with Gasteiger partial charge in [0.15, 0.2) is 5.65 Å². The lowest BCUT2D eigenvalue weighted by Gasteiger charge is -2.24. The van der Waals surface area contributed by atoms with Gasteiger partial charge in [-0.3, -0.25) is 0 Å². The molecule has 0 atom stereocenters. The average Bonchev–Trinajstić information content (AvgIpc) is 2.71. The van der Waals surface area contributed by atoms with Gasteiger partial charge in [-0.1, -0.05) is 12.2 Å². The zero-order valence-electron chi connectivity index (χ0n) is 9.04. The number of anilines is 2. The molecule has 0 radical (unpaired) electrons. The van der Waals surface area contributed by atoms with Gasteiger partial charge in [-0.15, -0.1) is 4.57 Å². The summed E-state index contributed by atoms with van der Waals surface area (Å²) in [7, 11) is 0. The van der Waals surface area contributed by atoms with Crippen LogP contribution in [0.25, 0.3) is 5.65 Å². The van der Waals surface area contributed by atoms with Crippen LogP contribution in [0.15, 0.2) is 27.5 Å². The van der Waals surface area contributed by atoms with E-state index in [0.29, 0.717) is 11.5 Å². The third kappa shape index (κ3) is 1.65. The first-order chi connectivity index (χ1) is 8.24. The average molecular weight is 233 g/mol. The maximum Gasteiger partial charge on any atom is 0.460 e. The quantitative estimate of drug-likeness (QED) is 0.699. The Hall–Kier alpha value is -2.31. The van der Waals surface area contributed by atoms with Crippen LogP contribution in [-0.4, -0.2) is 27.6 Å². The number of hydrogen-bond donors (Lipinski definition) is 1. The van der Waals surface area contributed by atoms with Gasteiger partial charge in [-0.25, -0.2) is 4.79 Å². The summed E-state index contributed by atoms with van der Waals surface area (Å²) < 4.78 is 5.90. The molecule has 0 bridgehead atoms. The monoisotopic (exact) mass is 233 g/mol. The van der Waals surface area contributed by atoms with Crippen LogP contribution in [0, 0.1) is 0 Å². The Kier molecular flexibility index (Phi) is 2.10. The first-order valence-electron chi connectivity index (χ1n) is 5.30. The molecule has 3 rings (SSSR count). The molecule has 0 aromatic carbocycles. The topological polar surface area (TPSA) is 89.7 Å². The highest BCUT2D eigenvalue weighted by Crippen LogP contribution is 2.17. The molecule has 17 heavy (non-hydrogen) atoms. The molecule has 0 saturated heterocycles. The number of nitrogens with two attached hydrogens (primary N) is 1. The molecular weight excluding hydrogens is 222 g/mol. The van der Waals surface area contributed by atoms with Crippen LogP contribution in [0.2, 0.25) is 0 Å². The largest absolute Gasteiger partial charge is 0.460 e. The van der Waals surface area contributed by atoms with Crippen LogP contribution in [-0.2, 0) is 0 Å². The summed E-state index contributed by atoms with van der Waals surface area (Å²) in [6.45, 7) is 1.66. The standard InChI is InChI=1S/C10H11N5O2/c11-9-12-7(14-4-2-1-3-5-14)6-8-13-10(16)17-15(8)9/h1-2,6H,3-5H2,(H2,11,12). The van der Waals surface area contributed by atoms with Crippen molar-refractivity contribution in [3.8, 4) is 0 Å². The molecule has 2 aromatic rings. The number of fused-ring (bicyclic) bond motifs is 1. The number of nitrogens with zero attached hydrogens (tertiary/aromatic N) is 4. The number of aromatic nitrogens is 3. The van der Waals surface area contributed by atoms with Crippen LogP contribution < -0.4 is 16.4 Å². The third-order valence-electron chi connectivity index (χ3n) is 2.66. The molecule has 0 spiro atoms. The molecule has 1 aliphatic rings. The predicted octanol–water partition coefficient (Wildman–Crippen LogP) is 0.0310. The highest BCUT2D eigenvalue weighted by molar-refractivity contribution is 5.54. The minimum Gasteiger partial charge on any atom is -0.367 e. The molecule has 7 nitrogen and oxygen atoms in total. The van der Waals surface area contributed by atoms with Crippen molar-refractivity contribution in [1.82, 2.24) is 14.5 Å². The van der Waals surface area contributed by atoms with E-state index in [1.54, 1.807) is 6.07 Å². The Morgan fingerprint density at radius 3 is 3.00 bits per heavy atom. The van der Waals surface area contributed by atoms with Crippen molar-refractivity contribution in [3.05, 3.63) is 28.8 Å². The molecule has 2 N–H and O–H groups in total. The fourth-order valence-electron chi connectivity index (χ4n) is 1.86. The second-order valence-electron chi connectivity index (χ2n) is 3.80. The van der Waals surface area contributed by atoms with Crippen molar-refractivity contribution >= 4 is 17.4 Å². The SMILES string of the molecule is Nc1nc(N2CC=CCC2)cc2nc(=O)on12. The Morgan fingerprint density at radius 1 is 1.35 bits per heavy atom. The summed E-state index contributed by atoms with van der Waals surface area (Å²) in [6, 6.07) is 1.69. The van der Waals surface area contributed by atoms with Crippen molar-refractivity contribution in [2.24, 2.45) is 0 Å². The fourth-order valence-corrected chi connectivity index (χ4v) is 1.86. The number of hydrogen-bond acceptors (Lipinski definition) is 6. The second-order valence-corrected chi connectivity index (χ2v) is 3.80. The molecule has 1 aliphatic heterocycles. The highest BCUT2D eigenvalue weighted by Gasteiger charge is 2.13. The van der Waals surface area contributed by atoms with Gasteiger partial charge in [-0.05, 0) is 6.42 Å². The van der Waals surface area contributed by atoms with E-state index >= 15 is 0 Å². The van der Waals surface area contributed by atoms with Gasteiger partial charge in [0.1, 0.15) is 5.82 Å². The van der Waals surface area contributed by atoms with E-state index in [-0.39, 0.29) is 5.95 Å². The summed E-state index contributed by atoms with van der Waals surface area (Å²) in [4.78, 5) is 21.0. The summed E-state index contributed by atoms with van der Waals surface area (Å²) in [6.07, 6.45) is 5.16. The number of nitrogen functional groups attached to an aromatic ring is 1. The molecule has 2 aromatic heterocycles. The lowest BCUT2D eigenvalue weighted by atomic mass is 10.2. The van der Waals surface area contributed by atoms with Gasteiger partial charge in [-0.2, -0.15) is 9.97 Å². The summed E-state index contributed by atoms with van der Waals surface area (Å²) >= 11 is 0. The van der Waals surface area contributed by atoms with Gasteiger partial charge < -0.3 is 15.2 Å². The molecule has 0 aliphatic carbocycles. The van der Waals surface area contributed by atoms with E-state index < -0.39 is 5.76 Å². The maximum absolute atomic E-state index is 11.0. The number of rotatable bonds is 1. The van der Waals surface area contributed by atoms with Crippen LogP contribution >= 0.6 is 0 Å². The van der Waals surface area contributed by atoms with Gasteiger partial charge in [0.25, 0.3) is 0 Å². The lowest BCUT2D eigenvalue weighted by molar-refractivity contribution is 0.347.